The van der Waals surface area contributed by atoms with E-state index < -0.39 is 30.1 Å². The Bertz CT molecular complexity index is 1080. The highest BCUT2D eigenvalue weighted by Gasteiger charge is 2.31. The number of hydrogen-bond donors (Lipinski definition) is 2. The molecule has 0 aliphatic carbocycles. The van der Waals surface area contributed by atoms with Crippen LogP contribution in [-0.4, -0.2) is 30.9 Å². The van der Waals surface area contributed by atoms with Crippen LogP contribution in [0.5, 0.6) is 0 Å². The van der Waals surface area contributed by atoms with Gasteiger partial charge in [0, 0.05) is 6.20 Å². The number of aliphatic hydroxyl groups excluding tert-OH is 1. The summed E-state index contributed by atoms with van der Waals surface area (Å²) in [5.74, 6) is -2.08. The largest absolute Gasteiger partial charge is 0.478 e. The lowest BCUT2D eigenvalue weighted by Crippen LogP contribution is -2.09. The van der Waals surface area contributed by atoms with Crippen molar-refractivity contribution in [1.82, 2.24) is 14.8 Å². The predicted molar refractivity (Wildman–Crippen MR) is 93.2 cm³/mol. The summed E-state index contributed by atoms with van der Waals surface area (Å²) in [5.41, 5.74) is -0.432. The van der Waals surface area contributed by atoms with E-state index in [0.29, 0.717) is 11.6 Å². The smallest absolute Gasteiger partial charge is 0.416 e. The van der Waals surface area contributed by atoms with Crippen molar-refractivity contribution in [2.75, 3.05) is 0 Å². The molecule has 10 heteroatoms. The zero-order chi connectivity index (χ0) is 21.3. The predicted octanol–water partition coefficient (Wildman–Crippen LogP) is 3.51. The Morgan fingerprint density at radius 1 is 1.17 bits per heavy atom. The number of rotatable bonds is 5. The first kappa shape index (κ1) is 20.5. The van der Waals surface area contributed by atoms with E-state index in [-0.39, 0.29) is 34.8 Å². The third-order valence-electron chi connectivity index (χ3n) is 4.24. The van der Waals surface area contributed by atoms with Crippen molar-refractivity contribution in [1.29, 1.82) is 0 Å². The molecule has 0 radical (unpaired) electrons. The molecule has 0 spiro atoms. The number of aromatic carboxylic acids is 1. The van der Waals surface area contributed by atoms with Crippen LogP contribution in [0.1, 0.15) is 38.4 Å². The van der Waals surface area contributed by atoms with Gasteiger partial charge in [-0.25, -0.2) is 18.9 Å². The molecule has 0 unspecified atom stereocenters. The van der Waals surface area contributed by atoms with Gasteiger partial charge in [-0.15, -0.1) is 0 Å². The number of pyridine rings is 1. The van der Waals surface area contributed by atoms with E-state index in [1.54, 1.807) is 0 Å². The minimum atomic E-state index is -4.67. The summed E-state index contributed by atoms with van der Waals surface area (Å²) >= 11 is 0. The zero-order valence-electron chi connectivity index (χ0n) is 15.0. The number of nitrogens with zero attached hydrogens (tertiary/aromatic N) is 3. The van der Waals surface area contributed by atoms with Gasteiger partial charge in [-0.05, 0) is 54.8 Å². The quantitative estimate of drug-likeness (QED) is 0.630. The minimum absolute atomic E-state index is 0.0170. The molecule has 0 amide bonds. The first-order valence-corrected chi connectivity index (χ1v) is 8.34. The number of alkyl halides is 3. The van der Waals surface area contributed by atoms with Gasteiger partial charge in [0.2, 0.25) is 0 Å². The molecule has 2 aromatic heterocycles. The average molecular weight is 409 g/mol. The highest BCUT2D eigenvalue weighted by Crippen LogP contribution is 2.31. The fraction of sp³-hybridized carbons (Fsp3) is 0.211. The molecular weight excluding hydrogens is 394 g/mol. The molecule has 152 valence electrons. The van der Waals surface area contributed by atoms with E-state index in [0.717, 1.165) is 16.8 Å². The summed E-state index contributed by atoms with van der Waals surface area (Å²) in [6, 6.07) is 5.32. The molecule has 0 bridgehead atoms. The number of carbonyl (C=O) groups is 1. The number of aliphatic hydroxyl groups is 1. The van der Waals surface area contributed by atoms with E-state index in [1.165, 1.54) is 25.3 Å². The summed E-state index contributed by atoms with van der Waals surface area (Å²) in [4.78, 5) is 15.5. The maximum Gasteiger partial charge on any atom is 0.416 e. The second-order valence-corrected chi connectivity index (χ2v) is 6.33. The Balaban J connectivity index is 1.99. The van der Waals surface area contributed by atoms with Gasteiger partial charge in [-0.1, -0.05) is 0 Å². The van der Waals surface area contributed by atoms with Crippen molar-refractivity contribution in [2.45, 2.75) is 26.1 Å². The molecule has 0 aliphatic heterocycles. The standard InChI is InChI=1S/C19H15F4N3O3/c1-10-17(18(28)29)15(9-27)26(25-10)16-7-11(2-3-24-16)4-12-5-13(19(21,22)23)8-14(20)6-12/h2-3,5-8,27H,4,9H2,1H3,(H,28,29). The van der Waals surface area contributed by atoms with Gasteiger partial charge in [0.15, 0.2) is 5.82 Å². The average Bonchev–Trinajstić information content (AvgIpc) is 2.97. The molecule has 3 aromatic rings. The third kappa shape index (κ3) is 4.27. The van der Waals surface area contributed by atoms with Crippen LogP contribution in [0.3, 0.4) is 0 Å². The van der Waals surface area contributed by atoms with Crippen LogP contribution in [0, 0.1) is 12.7 Å². The summed E-state index contributed by atoms with van der Waals surface area (Å²) in [5, 5.41) is 22.9. The van der Waals surface area contributed by atoms with Crippen LogP contribution < -0.4 is 0 Å². The maximum atomic E-state index is 13.6. The molecule has 2 heterocycles. The van der Waals surface area contributed by atoms with E-state index in [4.69, 9.17) is 0 Å². The van der Waals surface area contributed by atoms with Crippen molar-refractivity contribution >= 4 is 5.97 Å². The molecule has 3 rings (SSSR count). The van der Waals surface area contributed by atoms with Gasteiger partial charge >= 0.3 is 12.1 Å². The zero-order valence-corrected chi connectivity index (χ0v) is 15.0. The van der Waals surface area contributed by atoms with Gasteiger partial charge in [0.05, 0.1) is 23.6 Å². The van der Waals surface area contributed by atoms with Crippen molar-refractivity contribution in [3.63, 3.8) is 0 Å². The molecule has 0 fully saturated rings. The molecule has 29 heavy (non-hydrogen) atoms. The van der Waals surface area contributed by atoms with E-state index >= 15 is 0 Å². The van der Waals surface area contributed by atoms with Gasteiger partial charge < -0.3 is 10.2 Å². The first-order chi connectivity index (χ1) is 13.6. The topological polar surface area (TPSA) is 88.2 Å². The van der Waals surface area contributed by atoms with Crippen molar-refractivity contribution in [3.8, 4) is 5.82 Å². The fourth-order valence-electron chi connectivity index (χ4n) is 3.03. The molecule has 0 aliphatic rings. The van der Waals surface area contributed by atoms with Gasteiger partial charge in [-0.2, -0.15) is 18.3 Å². The number of hydrogen-bond acceptors (Lipinski definition) is 4. The van der Waals surface area contributed by atoms with Crippen LogP contribution in [0.2, 0.25) is 0 Å². The second-order valence-electron chi connectivity index (χ2n) is 6.33. The van der Waals surface area contributed by atoms with E-state index in [9.17, 15) is 32.6 Å². The van der Waals surface area contributed by atoms with Crippen molar-refractivity contribution in [2.24, 2.45) is 0 Å². The lowest BCUT2D eigenvalue weighted by Gasteiger charge is -2.11. The molecular formula is C19H15F4N3O3. The minimum Gasteiger partial charge on any atom is -0.478 e. The Hall–Kier alpha value is -3.27. The first-order valence-electron chi connectivity index (χ1n) is 8.34. The molecule has 0 saturated heterocycles. The Kier molecular flexibility index (Phi) is 5.38. The van der Waals surface area contributed by atoms with Crippen LogP contribution in [0.15, 0.2) is 36.5 Å². The SMILES string of the molecule is Cc1nn(-c2cc(Cc3cc(F)cc(C(F)(F)F)c3)ccn2)c(CO)c1C(=O)O. The van der Waals surface area contributed by atoms with Gasteiger partial charge in [0.25, 0.3) is 0 Å². The van der Waals surface area contributed by atoms with Crippen LogP contribution in [0.25, 0.3) is 5.82 Å². The van der Waals surface area contributed by atoms with Crippen LogP contribution >= 0.6 is 0 Å². The second kappa shape index (κ2) is 7.63. The lowest BCUT2D eigenvalue weighted by molar-refractivity contribution is -0.137. The molecule has 6 nitrogen and oxygen atoms in total. The highest BCUT2D eigenvalue weighted by molar-refractivity contribution is 5.90. The van der Waals surface area contributed by atoms with Gasteiger partial charge in [0.1, 0.15) is 11.4 Å². The summed E-state index contributed by atoms with van der Waals surface area (Å²) in [7, 11) is 0. The Morgan fingerprint density at radius 2 is 1.90 bits per heavy atom. The number of aryl methyl sites for hydroxylation is 1. The molecule has 0 saturated carbocycles. The summed E-state index contributed by atoms with van der Waals surface area (Å²) in [6.45, 7) is 0.863. The number of halogens is 4. The van der Waals surface area contributed by atoms with Crippen LogP contribution in [0.4, 0.5) is 17.6 Å². The Labute approximate surface area is 162 Å². The summed E-state index contributed by atoms with van der Waals surface area (Å²) in [6.07, 6.45) is -3.32. The molecule has 0 atom stereocenters. The van der Waals surface area contributed by atoms with Gasteiger partial charge in [-0.3, -0.25) is 0 Å². The highest BCUT2D eigenvalue weighted by atomic mass is 19.4. The van der Waals surface area contributed by atoms with E-state index in [2.05, 4.69) is 10.1 Å². The fourth-order valence-corrected chi connectivity index (χ4v) is 3.03. The van der Waals surface area contributed by atoms with E-state index in [1.807, 2.05) is 0 Å². The normalized spacial score (nSPS) is 11.7. The monoisotopic (exact) mass is 409 g/mol. The lowest BCUT2D eigenvalue weighted by atomic mass is 10.0. The number of carboxylic acid groups (broad SMARTS) is 1. The van der Waals surface area contributed by atoms with Crippen molar-refractivity contribution in [3.05, 3.63) is 76.0 Å². The number of benzene rings is 1. The summed E-state index contributed by atoms with van der Waals surface area (Å²) < 4.78 is 53.5. The Morgan fingerprint density at radius 3 is 2.52 bits per heavy atom. The maximum absolute atomic E-state index is 13.6. The van der Waals surface area contributed by atoms with Crippen molar-refractivity contribution < 1.29 is 32.6 Å². The number of carboxylic acids is 1. The molecule has 2 N–H and O–H groups in total. The molecule has 1 aromatic carbocycles. The third-order valence-corrected chi connectivity index (χ3v) is 4.24. The number of aromatic nitrogens is 3. The van der Waals surface area contributed by atoms with Crippen LogP contribution in [-0.2, 0) is 19.2 Å².